The van der Waals surface area contributed by atoms with Crippen LogP contribution in [0.15, 0.2) is 16.7 Å². The largest absolute Gasteiger partial charge is 0.243 e. The van der Waals surface area contributed by atoms with Crippen molar-refractivity contribution in [1.82, 2.24) is 4.98 Å². The fraction of sp³-hybridized carbons (Fsp3) is 0.167. The minimum absolute atomic E-state index is 0.556. The van der Waals surface area contributed by atoms with Crippen molar-refractivity contribution < 1.29 is 0 Å². The predicted octanol–water partition coefficient (Wildman–Crippen LogP) is 1.63. The second kappa shape index (κ2) is 3.40. The first-order valence-electron chi connectivity index (χ1n) is 3.04. The highest BCUT2D eigenvalue weighted by Gasteiger charge is 1.97. The molecule has 1 nitrogen and oxygen atoms in total. The van der Waals surface area contributed by atoms with E-state index in [4.69, 9.17) is 11.6 Å². The van der Waals surface area contributed by atoms with E-state index in [0.29, 0.717) is 5.15 Å². The van der Waals surface area contributed by atoms with Gasteiger partial charge in [0.1, 0.15) is 13.0 Å². The lowest BCUT2D eigenvalue weighted by Crippen LogP contribution is -1.87. The lowest BCUT2D eigenvalue weighted by atomic mass is 9.98. The summed E-state index contributed by atoms with van der Waals surface area (Å²) in [6.45, 7) is 0. The Bertz CT molecular complexity index is 241. The van der Waals surface area contributed by atoms with Gasteiger partial charge >= 0.3 is 0 Å². The fourth-order valence-corrected chi connectivity index (χ4v) is 1.40. The van der Waals surface area contributed by atoms with Gasteiger partial charge in [-0.1, -0.05) is 17.9 Å². The Labute approximate surface area is 74.3 Å². The van der Waals surface area contributed by atoms with Gasteiger partial charge in [-0.2, -0.15) is 0 Å². The summed E-state index contributed by atoms with van der Waals surface area (Å²) < 4.78 is 1.03. The highest BCUT2D eigenvalue weighted by molar-refractivity contribution is 9.10. The smallest absolute Gasteiger partial charge is 0.129 e. The topological polar surface area (TPSA) is 12.9 Å². The van der Waals surface area contributed by atoms with Crippen molar-refractivity contribution in [2.75, 3.05) is 0 Å². The third-order valence-electron chi connectivity index (χ3n) is 1.28. The van der Waals surface area contributed by atoms with Crippen LogP contribution >= 0.6 is 27.5 Å². The number of pyridine rings is 1. The molecule has 0 aliphatic heterocycles. The van der Waals surface area contributed by atoms with Crippen LogP contribution in [0.2, 0.25) is 5.15 Å². The third-order valence-corrected chi connectivity index (χ3v) is 2.20. The molecular weight excluding hydrogens is 212 g/mol. The van der Waals surface area contributed by atoms with Gasteiger partial charge in [0.25, 0.3) is 0 Å². The van der Waals surface area contributed by atoms with Crippen LogP contribution in [0.1, 0.15) is 5.56 Å². The second-order valence-corrected chi connectivity index (χ2v) is 3.19. The van der Waals surface area contributed by atoms with Crippen molar-refractivity contribution in [3.63, 3.8) is 0 Å². The predicted molar refractivity (Wildman–Crippen MR) is 49.2 cm³/mol. The lowest BCUT2D eigenvalue weighted by Gasteiger charge is -1.98. The molecule has 1 heterocycles. The molecule has 1 rings (SSSR count). The molecule has 10 heavy (non-hydrogen) atoms. The molecular formula is C6H6BBrClN. The highest BCUT2D eigenvalue weighted by atomic mass is 79.9. The molecule has 0 spiro atoms. The Balaban J connectivity index is 3.09. The van der Waals surface area contributed by atoms with Crippen LogP contribution in [-0.2, 0) is 6.32 Å². The summed E-state index contributed by atoms with van der Waals surface area (Å²) in [4.78, 5) is 3.91. The van der Waals surface area contributed by atoms with Crippen molar-refractivity contribution in [2.24, 2.45) is 0 Å². The van der Waals surface area contributed by atoms with Crippen LogP contribution in [0.25, 0.3) is 0 Å². The summed E-state index contributed by atoms with van der Waals surface area (Å²) in [5, 5.41) is 0.556. The molecule has 0 bridgehead atoms. The molecule has 0 fully saturated rings. The molecule has 0 aliphatic carbocycles. The van der Waals surface area contributed by atoms with Crippen molar-refractivity contribution in [3.05, 3.63) is 27.5 Å². The monoisotopic (exact) mass is 217 g/mol. The summed E-state index contributed by atoms with van der Waals surface area (Å²) in [7, 11) is 2.08. The molecule has 0 saturated heterocycles. The van der Waals surface area contributed by atoms with E-state index in [-0.39, 0.29) is 0 Å². The molecule has 0 unspecified atom stereocenters. The molecule has 0 saturated carbocycles. The Kier molecular flexibility index (Phi) is 2.75. The Hall–Kier alpha value is -0.0151. The number of rotatable bonds is 1. The molecule has 1 aromatic heterocycles. The van der Waals surface area contributed by atoms with E-state index in [1.165, 1.54) is 5.56 Å². The van der Waals surface area contributed by atoms with Gasteiger partial charge in [-0.25, -0.2) is 4.98 Å². The van der Waals surface area contributed by atoms with E-state index >= 15 is 0 Å². The van der Waals surface area contributed by atoms with Crippen molar-refractivity contribution >= 4 is 35.4 Å². The zero-order chi connectivity index (χ0) is 7.56. The van der Waals surface area contributed by atoms with Crippen LogP contribution in [0, 0.1) is 0 Å². The van der Waals surface area contributed by atoms with Crippen molar-refractivity contribution in [1.29, 1.82) is 0 Å². The van der Waals surface area contributed by atoms with Gasteiger partial charge in [0.05, 0.1) is 0 Å². The summed E-state index contributed by atoms with van der Waals surface area (Å²) in [5.41, 5.74) is 1.19. The first kappa shape index (κ1) is 8.09. The van der Waals surface area contributed by atoms with Gasteiger partial charge in [0.2, 0.25) is 0 Å². The maximum Gasteiger partial charge on any atom is 0.129 e. The van der Waals surface area contributed by atoms with Crippen LogP contribution in [-0.4, -0.2) is 12.8 Å². The Morgan fingerprint density at radius 1 is 1.70 bits per heavy atom. The summed E-state index contributed by atoms with van der Waals surface area (Å²) >= 11 is 9.03. The van der Waals surface area contributed by atoms with E-state index in [9.17, 15) is 0 Å². The number of aromatic nitrogens is 1. The molecule has 52 valence electrons. The second-order valence-electron chi connectivity index (χ2n) is 1.95. The molecule has 4 heteroatoms. The third kappa shape index (κ3) is 1.73. The fourth-order valence-electron chi connectivity index (χ4n) is 0.722. The zero-order valence-corrected chi connectivity index (χ0v) is 7.91. The minimum Gasteiger partial charge on any atom is -0.243 e. The van der Waals surface area contributed by atoms with Crippen molar-refractivity contribution in [3.8, 4) is 0 Å². The lowest BCUT2D eigenvalue weighted by molar-refractivity contribution is 1.24. The quantitative estimate of drug-likeness (QED) is 0.516. The molecule has 0 N–H and O–H groups in total. The summed E-state index contributed by atoms with van der Waals surface area (Å²) in [6.07, 6.45) is 2.70. The molecule has 0 atom stereocenters. The Morgan fingerprint density at radius 3 is 2.90 bits per heavy atom. The van der Waals surface area contributed by atoms with E-state index in [1.54, 1.807) is 6.20 Å². The van der Waals surface area contributed by atoms with Gasteiger partial charge in [-0.15, -0.1) is 0 Å². The number of hydrogen-bond donors (Lipinski definition) is 0. The molecule has 0 aromatic carbocycles. The van der Waals surface area contributed by atoms with Crippen molar-refractivity contribution in [2.45, 2.75) is 6.32 Å². The van der Waals surface area contributed by atoms with Crippen LogP contribution in [0.4, 0.5) is 0 Å². The molecule has 0 amide bonds. The van der Waals surface area contributed by atoms with Gasteiger partial charge < -0.3 is 0 Å². The minimum atomic E-state index is 0.556. The number of halogens is 2. The first-order valence-corrected chi connectivity index (χ1v) is 4.21. The van der Waals surface area contributed by atoms with E-state index < -0.39 is 0 Å². The maximum absolute atomic E-state index is 5.66. The van der Waals surface area contributed by atoms with Gasteiger partial charge in [0, 0.05) is 10.7 Å². The number of nitrogens with zero attached hydrogens (tertiary/aromatic N) is 1. The van der Waals surface area contributed by atoms with Crippen LogP contribution in [0.5, 0.6) is 0 Å². The normalized spacial score (nSPS) is 9.80. The van der Waals surface area contributed by atoms with Gasteiger partial charge in [-0.05, 0) is 27.6 Å². The SMILES string of the molecule is BCc1cc(Cl)ncc1Br. The van der Waals surface area contributed by atoms with E-state index in [2.05, 4.69) is 28.8 Å². The molecule has 0 radical (unpaired) electrons. The van der Waals surface area contributed by atoms with Gasteiger partial charge in [0.15, 0.2) is 0 Å². The van der Waals surface area contributed by atoms with E-state index in [1.807, 2.05) is 6.07 Å². The maximum atomic E-state index is 5.66. The average Bonchev–Trinajstić information content (AvgIpc) is 1.94. The average molecular weight is 218 g/mol. The van der Waals surface area contributed by atoms with E-state index in [0.717, 1.165) is 10.8 Å². The summed E-state index contributed by atoms with van der Waals surface area (Å²) in [5.74, 6) is 0. The molecule has 0 aliphatic rings. The van der Waals surface area contributed by atoms with Gasteiger partial charge in [-0.3, -0.25) is 0 Å². The number of hydrogen-bond acceptors (Lipinski definition) is 1. The Morgan fingerprint density at radius 2 is 2.40 bits per heavy atom. The summed E-state index contributed by atoms with van der Waals surface area (Å²) in [6, 6.07) is 1.87. The van der Waals surface area contributed by atoms with Crippen LogP contribution < -0.4 is 0 Å². The first-order chi connectivity index (χ1) is 4.74. The molecule has 1 aromatic rings. The zero-order valence-electron chi connectivity index (χ0n) is 5.56. The van der Waals surface area contributed by atoms with Crippen LogP contribution in [0.3, 0.4) is 0 Å². The highest BCUT2D eigenvalue weighted by Crippen LogP contribution is 2.17. The standard InChI is InChI=1S/C6H6BBrClN/c7-2-4-1-6(9)10-3-5(4)8/h1,3H,2,7H2.